The molecule has 5 nitrogen and oxygen atoms in total. The van der Waals surface area contributed by atoms with Crippen molar-refractivity contribution in [3.05, 3.63) is 41.4 Å². The maximum absolute atomic E-state index is 9.53. The molecule has 4 heterocycles. The average molecular weight is 367 g/mol. The molecule has 0 radical (unpaired) electrons. The van der Waals surface area contributed by atoms with E-state index in [2.05, 4.69) is 39.5 Å². The van der Waals surface area contributed by atoms with Crippen molar-refractivity contribution in [2.75, 3.05) is 31.1 Å². The van der Waals surface area contributed by atoms with Crippen molar-refractivity contribution < 1.29 is 9.84 Å². The third-order valence-corrected chi connectivity index (χ3v) is 6.40. The van der Waals surface area contributed by atoms with E-state index in [0.29, 0.717) is 6.04 Å². The van der Waals surface area contributed by atoms with Crippen LogP contribution >= 0.6 is 11.3 Å². The van der Waals surface area contributed by atoms with Crippen molar-refractivity contribution in [3.8, 4) is 16.9 Å². The summed E-state index contributed by atoms with van der Waals surface area (Å²) in [4.78, 5) is 7.95. The number of nitrogens with one attached hydrogen (secondary N) is 1. The quantitative estimate of drug-likeness (QED) is 0.745. The van der Waals surface area contributed by atoms with Crippen molar-refractivity contribution in [2.24, 2.45) is 0 Å². The van der Waals surface area contributed by atoms with Gasteiger partial charge in [-0.25, -0.2) is 0 Å². The largest absolute Gasteiger partial charge is 0.490 e. The van der Waals surface area contributed by atoms with E-state index in [1.807, 2.05) is 12.3 Å². The fourth-order valence-electron chi connectivity index (χ4n) is 4.07. The fourth-order valence-corrected chi connectivity index (χ4v) is 5.07. The molecule has 0 bridgehead atoms. The van der Waals surface area contributed by atoms with Gasteiger partial charge in [0.25, 0.3) is 0 Å². The molecule has 2 aromatic heterocycles. The van der Waals surface area contributed by atoms with Crippen LogP contribution in [0.3, 0.4) is 0 Å². The zero-order chi connectivity index (χ0) is 17.5. The molecule has 1 saturated heterocycles. The Bertz CT molecular complexity index is 949. The number of fused-ring (bicyclic) bond motifs is 2. The fraction of sp³-hybridized carbons (Fsp3) is 0.350. The summed E-state index contributed by atoms with van der Waals surface area (Å²) in [6.07, 6.45) is 3.02. The minimum Gasteiger partial charge on any atom is -0.490 e. The van der Waals surface area contributed by atoms with Crippen LogP contribution in [0.25, 0.3) is 21.3 Å². The molecule has 1 atom stereocenters. The number of anilines is 1. The maximum Gasteiger partial charge on any atom is 0.143 e. The van der Waals surface area contributed by atoms with E-state index in [-0.39, 0.29) is 6.61 Å². The number of aliphatic hydroxyl groups excluding tert-OH is 1. The first kappa shape index (κ1) is 16.1. The van der Waals surface area contributed by atoms with Crippen molar-refractivity contribution in [1.82, 2.24) is 10.3 Å². The van der Waals surface area contributed by atoms with Gasteiger partial charge in [-0.1, -0.05) is 12.1 Å². The zero-order valence-corrected chi connectivity index (χ0v) is 15.3. The van der Waals surface area contributed by atoms with Gasteiger partial charge in [-0.05, 0) is 31.2 Å². The number of aromatic nitrogens is 1. The summed E-state index contributed by atoms with van der Waals surface area (Å²) in [7, 11) is 0. The Morgan fingerprint density at radius 1 is 1.31 bits per heavy atom. The molecular formula is C20H21N3O2S. The summed E-state index contributed by atoms with van der Waals surface area (Å²) in [5.74, 6) is 0.963. The topological polar surface area (TPSA) is 57.6 Å². The van der Waals surface area contributed by atoms with Gasteiger partial charge in [0.1, 0.15) is 12.4 Å². The van der Waals surface area contributed by atoms with E-state index in [9.17, 15) is 5.11 Å². The number of rotatable bonds is 3. The summed E-state index contributed by atoms with van der Waals surface area (Å²) >= 11 is 1.62. The predicted molar refractivity (Wildman–Crippen MR) is 105 cm³/mol. The summed E-state index contributed by atoms with van der Waals surface area (Å²) < 4.78 is 7.12. The second-order valence-electron chi connectivity index (χ2n) is 6.78. The lowest BCUT2D eigenvalue weighted by molar-refractivity contribution is 0.285. The molecule has 1 fully saturated rings. The smallest absolute Gasteiger partial charge is 0.143 e. The van der Waals surface area contributed by atoms with Crippen LogP contribution in [0.2, 0.25) is 0 Å². The Hall–Kier alpha value is -2.15. The van der Waals surface area contributed by atoms with Gasteiger partial charge >= 0.3 is 0 Å². The van der Waals surface area contributed by atoms with E-state index in [4.69, 9.17) is 4.74 Å². The second-order valence-corrected chi connectivity index (χ2v) is 7.92. The van der Waals surface area contributed by atoms with Crippen LogP contribution < -0.4 is 15.0 Å². The van der Waals surface area contributed by atoms with Crippen LogP contribution in [-0.4, -0.2) is 42.4 Å². The standard InChI is InChI=1S/C20H21N3O2S/c24-12-14-10-17-20(26-14)16(5-7-22-17)15-2-1-3-18-19(15)23(8-9-25-18)13-4-6-21-11-13/h1-3,5,7,10,13,21,24H,4,6,8-9,11-12H2. The normalized spacial score (nSPS) is 19.6. The van der Waals surface area contributed by atoms with Gasteiger partial charge in [-0.15, -0.1) is 11.3 Å². The van der Waals surface area contributed by atoms with Crippen LogP contribution in [0.15, 0.2) is 36.5 Å². The first-order valence-corrected chi connectivity index (χ1v) is 9.88. The highest BCUT2D eigenvalue weighted by atomic mass is 32.1. The van der Waals surface area contributed by atoms with Gasteiger partial charge in [0.15, 0.2) is 0 Å². The van der Waals surface area contributed by atoms with E-state index >= 15 is 0 Å². The van der Waals surface area contributed by atoms with Gasteiger partial charge < -0.3 is 20.1 Å². The van der Waals surface area contributed by atoms with E-state index in [1.165, 1.54) is 11.3 Å². The highest BCUT2D eigenvalue weighted by molar-refractivity contribution is 7.19. The van der Waals surface area contributed by atoms with Gasteiger partial charge in [-0.2, -0.15) is 0 Å². The van der Waals surface area contributed by atoms with Crippen molar-refractivity contribution in [3.63, 3.8) is 0 Å². The number of pyridine rings is 1. The molecular weight excluding hydrogens is 346 g/mol. The van der Waals surface area contributed by atoms with Gasteiger partial charge in [-0.3, -0.25) is 4.98 Å². The molecule has 0 amide bonds. The summed E-state index contributed by atoms with van der Waals surface area (Å²) in [5.41, 5.74) is 4.49. The van der Waals surface area contributed by atoms with Crippen molar-refractivity contribution in [2.45, 2.75) is 19.1 Å². The number of hydrogen-bond acceptors (Lipinski definition) is 6. The van der Waals surface area contributed by atoms with E-state index < -0.39 is 0 Å². The molecule has 134 valence electrons. The third kappa shape index (κ3) is 2.57. The van der Waals surface area contributed by atoms with Crippen LogP contribution in [0, 0.1) is 0 Å². The van der Waals surface area contributed by atoms with Crippen LogP contribution in [0.1, 0.15) is 11.3 Å². The molecule has 2 aliphatic heterocycles. The van der Waals surface area contributed by atoms with Crippen molar-refractivity contribution in [1.29, 1.82) is 0 Å². The number of nitrogens with zero attached hydrogens (tertiary/aromatic N) is 2. The number of benzene rings is 1. The first-order chi connectivity index (χ1) is 12.8. The maximum atomic E-state index is 9.53. The van der Waals surface area contributed by atoms with Gasteiger partial charge in [0.2, 0.25) is 0 Å². The number of aliphatic hydroxyl groups is 1. The van der Waals surface area contributed by atoms with Crippen molar-refractivity contribution >= 4 is 27.2 Å². The lowest BCUT2D eigenvalue weighted by Gasteiger charge is -2.37. The molecule has 6 heteroatoms. The molecule has 5 rings (SSSR count). The average Bonchev–Trinajstić information content (AvgIpc) is 3.36. The minimum absolute atomic E-state index is 0.0519. The number of hydrogen-bond donors (Lipinski definition) is 2. The molecule has 0 spiro atoms. The van der Waals surface area contributed by atoms with Gasteiger partial charge in [0, 0.05) is 34.8 Å². The molecule has 0 saturated carbocycles. The zero-order valence-electron chi connectivity index (χ0n) is 14.4. The minimum atomic E-state index is 0.0519. The lowest BCUT2D eigenvalue weighted by atomic mass is 10.0. The third-order valence-electron chi connectivity index (χ3n) is 5.26. The molecule has 1 unspecified atom stereocenters. The summed E-state index contributed by atoms with van der Waals surface area (Å²) in [5, 5.41) is 13.0. The first-order valence-electron chi connectivity index (χ1n) is 9.07. The monoisotopic (exact) mass is 367 g/mol. The highest BCUT2D eigenvalue weighted by Crippen LogP contribution is 2.45. The molecule has 3 aromatic rings. The SMILES string of the molecule is OCc1cc2nccc(-c3cccc4c3N(C3CCNC3)CCO4)c2s1. The lowest BCUT2D eigenvalue weighted by Crippen LogP contribution is -2.42. The van der Waals surface area contributed by atoms with Crippen LogP contribution in [0.5, 0.6) is 5.75 Å². The number of thiophene rings is 1. The Labute approximate surface area is 156 Å². The van der Waals surface area contributed by atoms with E-state index in [0.717, 1.165) is 59.1 Å². The Morgan fingerprint density at radius 3 is 3.12 bits per heavy atom. The molecule has 1 aromatic carbocycles. The van der Waals surface area contributed by atoms with E-state index in [1.54, 1.807) is 11.3 Å². The molecule has 2 aliphatic rings. The Morgan fingerprint density at radius 2 is 2.27 bits per heavy atom. The van der Waals surface area contributed by atoms with Gasteiger partial charge in [0.05, 0.1) is 29.1 Å². The number of para-hydroxylation sites is 1. The Kier molecular flexibility index (Phi) is 4.04. The Balaban J connectivity index is 1.70. The summed E-state index contributed by atoms with van der Waals surface area (Å²) in [6, 6.07) is 10.9. The second kappa shape index (κ2) is 6.54. The summed E-state index contributed by atoms with van der Waals surface area (Å²) in [6.45, 7) is 3.79. The molecule has 0 aliphatic carbocycles. The van der Waals surface area contributed by atoms with Crippen LogP contribution in [-0.2, 0) is 6.61 Å². The highest BCUT2D eigenvalue weighted by Gasteiger charge is 2.30. The molecule has 2 N–H and O–H groups in total. The predicted octanol–water partition coefficient (Wildman–Crippen LogP) is 3.02. The van der Waals surface area contributed by atoms with Crippen LogP contribution in [0.4, 0.5) is 5.69 Å². The molecule has 26 heavy (non-hydrogen) atoms. The number of ether oxygens (including phenoxy) is 1.